The van der Waals surface area contributed by atoms with E-state index in [-0.39, 0.29) is 5.92 Å². The first-order valence-corrected chi connectivity index (χ1v) is 5.54. The Balaban J connectivity index is 2.08. The molecule has 78 valence electrons. The molecule has 1 aromatic heterocycles. The van der Waals surface area contributed by atoms with Gasteiger partial charge >= 0.3 is 5.97 Å². The molecule has 0 aromatic carbocycles. The Morgan fingerprint density at radius 2 is 2.50 bits per heavy atom. The summed E-state index contributed by atoms with van der Waals surface area (Å²) in [5.74, 6) is -0.978. The van der Waals surface area contributed by atoms with Crippen molar-refractivity contribution in [2.24, 2.45) is 5.92 Å². The van der Waals surface area contributed by atoms with E-state index in [0.29, 0.717) is 6.42 Å². The molecule has 4 heteroatoms. The summed E-state index contributed by atoms with van der Waals surface area (Å²) in [6.07, 6.45) is 0.681. The molecular formula is C10H15NO2S. The zero-order valence-electron chi connectivity index (χ0n) is 8.19. The molecule has 0 saturated carbocycles. The van der Waals surface area contributed by atoms with Gasteiger partial charge in [-0.3, -0.25) is 4.79 Å². The Morgan fingerprint density at radius 3 is 3.07 bits per heavy atom. The van der Waals surface area contributed by atoms with Gasteiger partial charge in [0.05, 0.1) is 5.92 Å². The molecule has 1 unspecified atom stereocenters. The van der Waals surface area contributed by atoms with Crippen molar-refractivity contribution in [1.29, 1.82) is 0 Å². The maximum Gasteiger partial charge on any atom is 0.306 e. The molecule has 1 heterocycles. The second kappa shape index (κ2) is 5.78. The van der Waals surface area contributed by atoms with E-state index in [0.717, 1.165) is 13.1 Å². The van der Waals surface area contributed by atoms with Crippen molar-refractivity contribution in [3.05, 3.63) is 22.4 Å². The number of hydrogen-bond donors (Lipinski definition) is 2. The Labute approximate surface area is 87.8 Å². The van der Waals surface area contributed by atoms with Crippen molar-refractivity contribution in [2.45, 2.75) is 19.9 Å². The van der Waals surface area contributed by atoms with Crippen LogP contribution in [0.5, 0.6) is 0 Å². The molecule has 0 amide bonds. The van der Waals surface area contributed by atoms with Crippen molar-refractivity contribution < 1.29 is 9.90 Å². The third-order valence-corrected chi connectivity index (χ3v) is 2.93. The molecule has 0 aliphatic carbocycles. The molecule has 1 atom stereocenters. The first kappa shape index (κ1) is 11.2. The molecule has 0 radical (unpaired) electrons. The Morgan fingerprint density at radius 1 is 1.71 bits per heavy atom. The molecule has 0 bridgehead atoms. The van der Waals surface area contributed by atoms with E-state index in [9.17, 15) is 4.79 Å². The molecule has 0 fully saturated rings. The highest BCUT2D eigenvalue weighted by molar-refractivity contribution is 7.09. The van der Waals surface area contributed by atoms with Gasteiger partial charge in [0, 0.05) is 11.4 Å². The fourth-order valence-corrected chi connectivity index (χ4v) is 1.74. The van der Waals surface area contributed by atoms with Crippen LogP contribution in [0.3, 0.4) is 0 Å². The average molecular weight is 213 g/mol. The summed E-state index contributed by atoms with van der Waals surface area (Å²) in [5, 5.41) is 13.9. The van der Waals surface area contributed by atoms with Gasteiger partial charge in [-0.25, -0.2) is 0 Å². The number of nitrogens with one attached hydrogen (secondary N) is 1. The number of hydrogen-bond acceptors (Lipinski definition) is 3. The molecule has 3 nitrogen and oxygen atoms in total. The third kappa shape index (κ3) is 3.89. The van der Waals surface area contributed by atoms with Gasteiger partial charge in [0.15, 0.2) is 0 Å². The second-order valence-corrected chi connectivity index (χ2v) is 4.32. The van der Waals surface area contributed by atoms with Gasteiger partial charge in [0.25, 0.3) is 0 Å². The van der Waals surface area contributed by atoms with E-state index in [4.69, 9.17) is 5.11 Å². The standard InChI is InChI=1S/C10H15NO2S/c1-8(10(12)13)4-5-11-7-9-3-2-6-14-9/h2-3,6,8,11H,4-5,7H2,1H3,(H,12,13). The van der Waals surface area contributed by atoms with E-state index in [1.807, 2.05) is 11.4 Å². The zero-order valence-corrected chi connectivity index (χ0v) is 9.01. The first-order valence-electron chi connectivity index (χ1n) is 4.66. The maximum atomic E-state index is 10.5. The maximum absolute atomic E-state index is 10.5. The van der Waals surface area contributed by atoms with E-state index < -0.39 is 5.97 Å². The van der Waals surface area contributed by atoms with Gasteiger partial charge in [-0.05, 0) is 24.4 Å². The van der Waals surface area contributed by atoms with Crippen LogP contribution in [0.25, 0.3) is 0 Å². The Kier molecular flexibility index (Phi) is 4.62. The fraction of sp³-hybridized carbons (Fsp3) is 0.500. The summed E-state index contributed by atoms with van der Waals surface area (Å²) >= 11 is 1.71. The normalized spacial score (nSPS) is 12.6. The van der Waals surface area contributed by atoms with Crippen molar-refractivity contribution in [2.75, 3.05) is 6.54 Å². The fourth-order valence-electron chi connectivity index (χ4n) is 1.07. The van der Waals surface area contributed by atoms with Crippen LogP contribution >= 0.6 is 11.3 Å². The number of thiophene rings is 1. The predicted molar refractivity (Wildman–Crippen MR) is 57.4 cm³/mol. The number of aliphatic carboxylic acids is 1. The van der Waals surface area contributed by atoms with E-state index in [1.54, 1.807) is 18.3 Å². The highest BCUT2D eigenvalue weighted by atomic mass is 32.1. The second-order valence-electron chi connectivity index (χ2n) is 3.28. The van der Waals surface area contributed by atoms with Gasteiger partial charge < -0.3 is 10.4 Å². The van der Waals surface area contributed by atoms with Gasteiger partial charge in [0.1, 0.15) is 0 Å². The van der Waals surface area contributed by atoms with Crippen LogP contribution in [-0.2, 0) is 11.3 Å². The lowest BCUT2D eigenvalue weighted by molar-refractivity contribution is -0.141. The van der Waals surface area contributed by atoms with Gasteiger partial charge in [-0.2, -0.15) is 0 Å². The summed E-state index contributed by atoms with van der Waals surface area (Å²) in [5.41, 5.74) is 0. The largest absolute Gasteiger partial charge is 0.481 e. The third-order valence-electron chi connectivity index (χ3n) is 2.06. The van der Waals surface area contributed by atoms with Crippen LogP contribution in [0, 0.1) is 5.92 Å². The Bertz CT molecular complexity index is 272. The smallest absolute Gasteiger partial charge is 0.306 e. The number of rotatable bonds is 6. The topological polar surface area (TPSA) is 49.3 Å². The zero-order chi connectivity index (χ0) is 10.4. The lowest BCUT2D eigenvalue weighted by Crippen LogP contribution is -2.19. The van der Waals surface area contributed by atoms with Crippen molar-refractivity contribution in [1.82, 2.24) is 5.32 Å². The van der Waals surface area contributed by atoms with E-state index in [1.165, 1.54) is 4.88 Å². The quantitative estimate of drug-likeness (QED) is 0.710. The molecule has 1 rings (SSSR count). The van der Waals surface area contributed by atoms with Crippen LogP contribution in [0.4, 0.5) is 0 Å². The summed E-state index contributed by atoms with van der Waals surface area (Å²) in [6, 6.07) is 4.08. The minimum Gasteiger partial charge on any atom is -0.481 e. The predicted octanol–water partition coefficient (Wildman–Crippen LogP) is 1.95. The molecule has 1 aromatic rings. The molecule has 2 N–H and O–H groups in total. The van der Waals surface area contributed by atoms with E-state index >= 15 is 0 Å². The summed E-state index contributed by atoms with van der Waals surface area (Å²) in [6.45, 7) is 3.32. The number of carboxylic acid groups (broad SMARTS) is 1. The molecular weight excluding hydrogens is 198 g/mol. The summed E-state index contributed by atoms with van der Waals surface area (Å²) < 4.78 is 0. The number of carbonyl (C=O) groups is 1. The minimum absolute atomic E-state index is 0.258. The SMILES string of the molecule is CC(CCNCc1cccs1)C(=O)O. The minimum atomic E-state index is -0.720. The lowest BCUT2D eigenvalue weighted by atomic mass is 10.1. The van der Waals surface area contributed by atoms with Gasteiger partial charge in [-0.1, -0.05) is 13.0 Å². The summed E-state index contributed by atoms with van der Waals surface area (Å²) in [7, 11) is 0. The van der Waals surface area contributed by atoms with Crippen LogP contribution in [-0.4, -0.2) is 17.6 Å². The monoisotopic (exact) mass is 213 g/mol. The lowest BCUT2D eigenvalue weighted by Gasteiger charge is -2.06. The molecule has 0 aliphatic rings. The van der Waals surface area contributed by atoms with Gasteiger partial charge in [0.2, 0.25) is 0 Å². The van der Waals surface area contributed by atoms with Crippen LogP contribution in [0.2, 0.25) is 0 Å². The van der Waals surface area contributed by atoms with E-state index in [2.05, 4.69) is 11.4 Å². The highest BCUT2D eigenvalue weighted by Gasteiger charge is 2.09. The highest BCUT2D eigenvalue weighted by Crippen LogP contribution is 2.07. The molecule has 0 spiro atoms. The van der Waals surface area contributed by atoms with Crippen molar-refractivity contribution in [3.8, 4) is 0 Å². The first-order chi connectivity index (χ1) is 6.70. The van der Waals surface area contributed by atoms with Crippen LogP contribution in [0.1, 0.15) is 18.2 Å². The average Bonchev–Trinajstić information content (AvgIpc) is 2.64. The van der Waals surface area contributed by atoms with Crippen LogP contribution < -0.4 is 5.32 Å². The molecule has 0 saturated heterocycles. The molecule has 0 aliphatic heterocycles. The molecule has 14 heavy (non-hydrogen) atoms. The number of carboxylic acids is 1. The Hall–Kier alpha value is -0.870. The van der Waals surface area contributed by atoms with Crippen molar-refractivity contribution in [3.63, 3.8) is 0 Å². The van der Waals surface area contributed by atoms with Crippen molar-refractivity contribution >= 4 is 17.3 Å². The van der Waals surface area contributed by atoms with Crippen LogP contribution in [0.15, 0.2) is 17.5 Å². The van der Waals surface area contributed by atoms with Gasteiger partial charge in [-0.15, -0.1) is 11.3 Å². The summed E-state index contributed by atoms with van der Waals surface area (Å²) in [4.78, 5) is 11.8.